The number of para-hydroxylation sites is 1. The maximum atomic E-state index is 12.9. The first kappa shape index (κ1) is 27.5. The summed E-state index contributed by atoms with van der Waals surface area (Å²) in [5, 5.41) is 1.05. The number of ether oxygens (including phenoxy) is 2. The molecule has 2 aromatic carbocycles. The van der Waals surface area contributed by atoms with E-state index in [1.807, 2.05) is 0 Å². The van der Waals surface area contributed by atoms with E-state index < -0.39 is 39.8 Å². The van der Waals surface area contributed by atoms with Crippen LogP contribution in [0.25, 0.3) is 6.08 Å². The SMILES string of the molecule is COC(=O)C(OS(C)(=O)=O)c1ccc(C=CC(=O)N(NC(=O)OC(C)(C)C)c2ccccc2)cc1. The Hall–Kier alpha value is -3.70. The Bertz CT molecular complexity index is 1170. The van der Waals surface area contributed by atoms with Gasteiger partial charge in [0.1, 0.15) is 5.60 Å². The summed E-state index contributed by atoms with van der Waals surface area (Å²) >= 11 is 0. The van der Waals surface area contributed by atoms with Crippen LogP contribution in [-0.4, -0.2) is 45.4 Å². The van der Waals surface area contributed by atoms with Crippen molar-refractivity contribution in [2.75, 3.05) is 18.4 Å². The molecular weight excluding hydrogens is 476 g/mol. The number of rotatable bonds is 7. The molecule has 0 fully saturated rings. The standard InChI is InChI=1S/C24H28N2O8S/c1-24(2,3)33-23(29)25-26(19-9-7-6-8-10-19)20(27)16-13-17-11-14-18(15-12-17)21(22(28)32-4)34-35(5,30)31/h6-16,21H,1-5H3,(H,25,29). The predicted octanol–water partition coefficient (Wildman–Crippen LogP) is 3.36. The number of hydrogen-bond acceptors (Lipinski definition) is 8. The van der Waals surface area contributed by atoms with Gasteiger partial charge in [-0.3, -0.25) is 8.98 Å². The Kier molecular flexibility index (Phi) is 9.15. The summed E-state index contributed by atoms with van der Waals surface area (Å²) in [5.74, 6) is -1.43. The number of nitrogens with one attached hydrogen (secondary N) is 1. The number of carbonyl (C=O) groups excluding carboxylic acids is 3. The largest absolute Gasteiger partial charge is 0.467 e. The van der Waals surface area contributed by atoms with Crippen molar-refractivity contribution in [2.24, 2.45) is 0 Å². The third kappa shape index (κ3) is 9.22. The molecule has 0 spiro atoms. The molecule has 0 aliphatic rings. The van der Waals surface area contributed by atoms with Crippen molar-refractivity contribution < 1.29 is 36.5 Å². The topological polar surface area (TPSA) is 128 Å². The Balaban J connectivity index is 2.22. The summed E-state index contributed by atoms with van der Waals surface area (Å²) < 4.78 is 37.7. The van der Waals surface area contributed by atoms with Crippen LogP contribution in [0, 0.1) is 0 Å². The molecule has 11 heteroatoms. The molecule has 0 radical (unpaired) electrons. The van der Waals surface area contributed by atoms with Crippen LogP contribution in [0.2, 0.25) is 0 Å². The van der Waals surface area contributed by atoms with Crippen LogP contribution in [0.1, 0.15) is 38.0 Å². The molecule has 0 saturated carbocycles. The molecule has 1 unspecified atom stereocenters. The first-order valence-corrected chi connectivity index (χ1v) is 12.2. The minimum absolute atomic E-state index is 0.253. The number of anilines is 1. The number of carbonyl (C=O) groups is 3. The summed E-state index contributed by atoms with van der Waals surface area (Å²) in [7, 11) is -2.81. The van der Waals surface area contributed by atoms with E-state index >= 15 is 0 Å². The fourth-order valence-electron chi connectivity index (χ4n) is 2.75. The number of esters is 1. The van der Waals surface area contributed by atoms with E-state index in [1.165, 1.54) is 24.3 Å². The number of nitrogens with zero attached hydrogens (tertiary/aromatic N) is 1. The summed E-state index contributed by atoms with van der Waals surface area (Å²) in [6.07, 6.45) is 1.30. The average Bonchev–Trinajstić information content (AvgIpc) is 2.78. The van der Waals surface area contributed by atoms with E-state index in [9.17, 15) is 22.8 Å². The van der Waals surface area contributed by atoms with Gasteiger partial charge in [-0.05, 0) is 50.1 Å². The van der Waals surface area contributed by atoms with Crippen molar-refractivity contribution in [1.29, 1.82) is 0 Å². The van der Waals surface area contributed by atoms with Gasteiger partial charge >= 0.3 is 12.1 Å². The lowest BCUT2D eigenvalue weighted by Gasteiger charge is -2.25. The van der Waals surface area contributed by atoms with Crippen molar-refractivity contribution in [1.82, 2.24) is 5.43 Å². The molecule has 0 aliphatic carbocycles. The zero-order chi connectivity index (χ0) is 26.2. The molecule has 0 heterocycles. The lowest BCUT2D eigenvalue weighted by atomic mass is 10.1. The lowest BCUT2D eigenvalue weighted by molar-refractivity contribution is -0.149. The van der Waals surface area contributed by atoms with Gasteiger partial charge < -0.3 is 9.47 Å². The smallest absolute Gasteiger partial charge is 0.427 e. The van der Waals surface area contributed by atoms with Crippen molar-refractivity contribution in [2.45, 2.75) is 32.5 Å². The molecule has 2 amide bonds. The van der Waals surface area contributed by atoms with Crippen LogP contribution in [0.5, 0.6) is 0 Å². The van der Waals surface area contributed by atoms with E-state index in [4.69, 9.17) is 8.92 Å². The minimum atomic E-state index is -3.93. The number of benzene rings is 2. The number of hydrogen-bond donors (Lipinski definition) is 1. The van der Waals surface area contributed by atoms with Crippen LogP contribution < -0.4 is 10.4 Å². The molecule has 0 aliphatic heterocycles. The molecule has 0 bridgehead atoms. The minimum Gasteiger partial charge on any atom is -0.467 e. The van der Waals surface area contributed by atoms with Gasteiger partial charge in [-0.1, -0.05) is 42.5 Å². The zero-order valence-electron chi connectivity index (χ0n) is 20.0. The average molecular weight is 505 g/mol. The molecule has 35 heavy (non-hydrogen) atoms. The van der Waals surface area contributed by atoms with Gasteiger partial charge in [0.15, 0.2) is 6.10 Å². The summed E-state index contributed by atoms with van der Waals surface area (Å²) in [4.78, 5) is 37.1. The normalized spacial score (nSPS) is 12.6. The number of amides is 2. The highest BCUT2D eigenvalue weighted by molar-refractivity contribution is 7.86. The predicted molar refractivity (Wildman–Crippen MR) is 129 cm³/mol. The van der Waals surface area contributed by atoms with Gasteiger partial charge in [-0.25, -0.2) is 20.0 Å². The van der Waals surface area contributed by atoms with Crippen LogP contribution in [0.4, 0.5) is 10.5 Å². The maximum Gasteiger partial charge on any atom is 0.427 e. The fraction of sp³-hybridized carbons (Fsp3) is 0.292. The van der Waals surface area contributed by atoms with E-state index in [1.54, 1.807) is 63.2 Å². The van der Waals surface area contributed by atoms with E-state index in [-0.39, 0.29) is 5.56 Å². The quantitative estimate of drug-likeness (QED) is 0.263. The van der Waals surface area contributed by atoms with Gasteiger partial charge in [0.05, 0.1) is 19.1 Å². The first-order valence-electron chi connectivity index (χ1n) is 10.4. The summed E-state index contributed by atoms with van der Waals surface area (Å²) in [5.41, 5.74) is 2.92. The van der Waals surface area contributed by atoms with Crippen LogP contribution >= 0.6 is 0 Å². The molecule has 10 nitrogen and oxygen atoms in total. The summed E-state index contributed by atoms with van der Waals surface area (Å²) in [6, 6.07) is 14.6. The highest BCUT2D eigenvalue weighted by atomic mass is 32.2. The molecule has 2 rings (SSSR count). The van der Waals surface area contributed by atoms with E-state index in [2.05, 4.69) is 10.2 Å². The molecule has 188 valence electrons. The van der Waals surface area contributed by atoms with Crippen LogP contribution in [-0.2, 0) is 33.4 Å². The fourth-order valence-corrected chi connectivity index (χ4v) is 3.29. The van der Waals surface area contributed by atoms with Crippen molar-refractivity contribution in [3.63, 3.8) is 0 Å². The highest BCUT2D eigenvalue weighted by Crippen LogP contribution is 2.22. The highest BCUT2D eigenvalue weighted by Gasteiger charge is 2.26. The number of hydrazine groups is 1. The molecule has 0 aromatic heterocycles. The Morgan fingerprint density at radius 2 is 1.60 bits per heavy atom. The van der Waals surface area contributed by atoms with E-state index in [0.717, 1.165) is 18.4 Å². The Labute approximate surface area is 204 Å². The second-order valence-electron chi connectivity index (χ2n) is 8.33. The molecule has 1 atom stereocenters. The van der Waals surface area contributed by atoms with Crippen molar-refractivity contribution >= 4 is 39.9 Å². The van der Waals surface area contributed by atoms with Crippen molar-refractivity contribution in [3.05, 3.63) is 71.8 Å². The van der Waals surface area contributed by atoms with Crippen molar-refractivity contribution in [3.8, 4) is 0 Å². The third-order valence-electron chi connectivity index (χ3n) is 4.18. The van der Waals surface area contributed by atoms with Gasteiger partial charge in [0.2, 0.25) is 0 Å². The Morgan fingerprint density at radius 1 is 1.00 bits per heavy atom. The second-order valence-corrected chi connectivity index (χ2v) is 9.93. The van der Waals surface area contributed by atoms with E-state index in [0.29, 0.717) is 11.3 Å². The van der Waals surface area contributed by atoms with Gasteiger partial charge in [-0.2, -0.15) is 8.42 Å². The molecule has 1 N–H and O–H groups in total. The van der Waals surface area contributed by atoms with Gasteiger partial charge in [0, 0.05) is 6.08 Å². The summed E-state index contributed by atoms with van der Waals surface area (Å²) in [6.45, 7) is 5.11. The Morgan fingerprint density at radius 3 is 2.11 bits per heavy atom. The zero-order valence-corrected chi connectivity index (χ0v) is 20.9. The first-order chi connectivity index (χ1) is 16.3. The van der Waals surface area contributed by atoms with Crippen LogP contribution in [0.15, 0.2) is 60.7 Å². The lowest BCUT2D eigenvalue weighted by Crippen LogP contribution is -2.47. The molecule has 0 saturated heterocycles. The monoisotopic (exact) mass is 504 g/mol. The second kappa shape index (κ2) is 11.6. The molecule has 2 aromatic rings. The van der Waals surface area contributed by atoms with Crippen LogP contribution in [0.3, 0.4) is 0 Å². The molecular formula is C24H28N2O8S. The number of methoxy groups -OCH3 is 1. The third-order valence-corrected chi connectivity index (χ3v) is 4.72. The maximum absolute atomic E-state index is 12.9. The van der Waals surface area contributed by atoms with Gasteiger partial charge in [0.25, 0.3) is 16.0 Å². The van der Waals surface area contributed by atoms with Gasteiger partial charge in [-0.15, -0.1) is 0 Å².